The number of aromatic nitrogens is 1. The highest BCUT2D eigenvalue weighted by Crippen LogP contribution is 2.21. The van der Waals surface area contributed by atoms with Gasteiger partial charge >= 0.3 is 0 Å². The Balaban J connectivity index is 1.37. The lowest BCUT2D eigenvalue weighted by Crippen LogP contribution is -2.25. The highest BCUT2D eigenvalue weighted by molar-refractivity contribution is 7.12. The zero-order valence-corrected chi connectivity index (χ0v) is 13.9. The summed E-state index contributed by atoms with van der Waals surface area (Å²) in [5.74, 6) is -0.0252. The third-order valence-electron chi connectivity index (χ3n) is 3.81. The van der Waals surface area contributed by atoms with Crippen molar-refractivity contribution in [3.63, 3.8) is 0 Å². The Hall–Kier alpha value is -1.63. The second-order valence-corrected chi connectivity index (χ2v) is 6.46. The van der Waals surface area contributed by atoms with Crippen molar-refractivity contribution in [3.8, 4) is 5.69 Å². The quantitative estimate of drug-likeness (QED) is 0.755. The van der Waals surface area contributed by atoms with Gasteiger partial charge in [0.25, 0.3) is 5.91 Å². The van der Waals surface area contributed by atoms with Crippen LogP contribution in [0.3, 0.4) is 0 Å². The number of amides is 1. The van der Waals surface area contributed by atoms with Gasteiger partial charge in [-0.15, -0.1) is 11.3 Å². The number of ether oxygens (including phenoxy) is 2. The average molecular weight is 334 g/mol. The molecular weight excluding hydrogens is 312 g/mol. The molecule has 1 fully saturated rings. The number of nitrogens with one attached hydrogen (secondary N) is 1. The number of nitrogens with zero attached hydrogens (tertiary/aromatic N) is 1. The van der Waals surface area contributed by atoms with E-state index in [1.54, 1.807) is 0 Å². The summed E-state index contributed by atoms with van der Waals surface area (Å²) >= 11 is 1.46. The molecule has 1 amide bonds. The van der Waals surface area contributed by atoms with Crippen molar-refractivity contribution >= 4 is 17.2 Å². The first-order valence-corrected chi connectivity index (χ1v) is 8.91. The van der Waals surface area contributed by atoms with Gasteiger partial charge in [-0.3, -0.25) is 4.79 Å². The molecule has 3 heterocycles. The van der Waals surface area contributed by atoms with Crippen LogP contribution >= 0.6 is 11.3 Å². The molecule has 124 valence electrons. The number of thiophene rings is 1. The standard InChI is InChI=1S/C17H22N2O3S/c20-17(16-15(6-12-23-16)19-8-1-2-9-19)18-7-4-10-21-13-14-5-3-11-22-14/h1-2,6,8-9,12,14H,3-5,7,10-11,13H2,(H,18,20). The Morgan fingerprint density at radius 2 is 2.30 bits per heavy atom. The monoisotopic (exact) mass is 334 g/mol. The van der Waals surface area contributed by atoms with Crippen LogP contribution in [0, 0.1) is 0 Å². The molecule has 1 atom stereocenters. The van der Waals surface area contributed by atoms with Crippen LogP contribution in [-0.4, -0.2) is 42.9 Å². The Morgan fingerprint density at radius 3 is 3.09 bits per heavy atom. The fourth-order valence-electron chi connectivity index (χ4n) is 2.62. The topological polar surface area (TPSA) is 52.5 Å². The zero-order valence-electron chi connectivity index (χ0n) is 13.1. The molecule has 0 saturated carbocycles. The second-order valence-electron chi connectivity index (χ2n) is 5.54. The van der Waals surface area contributed by atoms with Crippen molar-refractivity contribution < 1.29 is 14.3 Å². The highest BCUT2D eigenvalue weighted by Gasteiger charge is 2.15. The molecule has 1 aliphatic heterocycles. The van der Waals surface area contributed by atoms with Crippen LogP contribution in [0.5, 0.6) is 0 Å². The fraction of sp³-hybridized carbons (Fsp3) is 0.471. The van der Waals surface area contributed by atoms with Crippen LogP contribution in [0.15, 0.2) is 36.0 Å². The minimum Gasteiger partial charge on any atom is -0.379 e. The number of hydrogen-bond donors (Lipinski definition) is 1. The molecule has 0 aliphatic carbocycles. The van der Waals surface area contributed by atoms with Gasteiger partial charge in [-0.05, 0) is 42.8 Å². The molecule has 2 aromatic heterocycles. The molecule has 5 nitrogen and oxygen atoms in total. The highest BCUT2D eigenvalue weighted by atomic mass is 32.1. The van der Waals surface area contributed by atoms with Crippen molar-refractivity contribution in [2.75, 3.05) is 26.4 Å². The third-order valence-corrected chi connectivity index (χ3v) is 4.71. The summed E-state index contributed by atoms with van der Waals surface area (Å²) in [5.41, 5.74) is 0.923. The van der Waals surface area contributed by atoms with Gasteiger partial charge in [0.1, 0.15) is 4.88 Å². The number of carbonyl (C=O) groups is 1. The molecule has 23 heavy (non-hydrogen) atoms. The van der Waals surface area contributed by atoms with Crippen LogP contribution in [0.2, 0.25) is 0 Å². The van der Waals surface area contributed by atoms with E-state index in [1.807, 2.05) is 40.5 Å². The first kappa shape index (κ1) is 16.2. The summed E-state index contributed by atoms with van der Waals surface area (Å²) in [6, 6.07) is 5.86. The summed E-state index contributed by atoms with van der Waals surface area (Å²) in [4.78, 5) is 13.0. The SMILES string of the molecule is O=C(NCCCOCC1CCCO1)c1sccc1-n1cccc1. The second kappa shape index (κ2) is 8.29. The average Bonchev–Trinajstić information content (AvgIpc) is 3.32. The number of hydrogen-bond acceptors (Lipinski definition) is 4. The number of carbonyl (C=O) groups excluding carboxylic acids is 1. The largest absolute Gasteiger partial charge is 0.379 e. The lowest BCUT2D eigenvalue weighted by molar-refractivity contribution is 0.0166. The van der Waals surface area contributed by atoms with E-state index in [-0.39, 0.29) is 12.0 Å². The summed E-state index contributed by atoms with van der Waals surface area (Å²) in [5, 5.41) is 4.90. The van der Waals surface area contributed by atoms with Crippen molar-refractivity contribution in [1.29, 1.82) is 0 Å². The summed E-state index contributed by atoms with van der Waals surface area (Å²) in [7, 11) is 0. The van der Waals surface area contributed by atoms with Gasteiger partial charge in [-0.25, -0.2) is 0 Å². The molecule has 0 aromatic carbocycles. The molecule has 1 aliphatic rings. The lowest BCUT2D eigenvalue weighted by Gasteiger charge is -2.10. The van der Waals surface area contributed by atoms with E-state index in [9.17, 15) is 4.79 Å². The molecule has 0 spiro atoms. The van der Waals surface area contributed by atoms with Crippen molar-refractivity contribution in [1.82, 2.24) is 9.88 Å². The fourth-order valence-corrected chi connectivity index (χ4v) is 3.42. The minimum absolute atomic E-state index is 0.0252. The Kier molecular flexibility index (Phi) is 5.85. The molecule has 1 N–H and O–H groups in total. The van der Waals surface area contributed by atoms with Crippen LogP contribution in [0.4, 0.5) is 0 Å². The first-order valence-electron chi connectivity index (χ1n) is 8.03. The molecule has 0 radical (unpaired) electrons. The molecular formula is C17H22N2O3S. The first-order chi connectivity index (χ1) is 11.3. The Labute approximate surface area is 140 Å². The third kappa shape index (κ3) is 4.43. The van der Waals surface area contributed by atoms with Gasteiger partial charge in [0.15, 0.2) is 0 Å². The molecule has 6 heteroatoms. The summed E-state index contributed by atoms with van der Waals surface area (Å²) < 4.78 is 13.0. The zero-order chi connectivity index (χ0) is 15.9. The molecule has 1 unspecified atom stereocenters. The van der Waals surface area contributed by atoms with Gasteiger partial charge < -0.3 is 19.4 Å². The van der Waals surface area contributed by atoms with Gasteiger partial charge in [-0.1, -0.05) is 0 Å². The van der Waals surface area contributed by atoms with Gasteiger partial charge in [-0.2, -0.15) is 0 Å². The predicted molar refractivity (Wildman–Crippen MR) is 90.4 cm³/mol. The molecule has 1 saturated heterocycles. The van der Waals surface area contributed by atoms with Crippen molar-refractivity contribution in [2.45, 2.75) is 25.4 Å². The molecule has 2 aromatic rings. The van der Waals surface area contributed by atoms with Gasteiger partial charge in [0.05, 0.1) is 18.4 Å². The van der Waals surface area contributed by atoms with E-state index in [0.717, 1.165) is 36.4 Å². The summed E-state index contributed by atoms with van der Waals surface area (Å²) in [6.45, 7) is 2.79. The lowest BCUT2D eigenvalue weighted by atomic mass is 10.2. The van der Waals surface area contributed by atoms with E-state index in [4.69, 9.17) is 9.47 Å². The summed E-state index contributed by atoms with van der Waals surface area (Å²) in [6.07, 6.45) is 7.18. The maximum atomic E-state index is 12.3. The maximum absolute atomic E-state index is 12.3. The normalized spacial score (nSPS) is 17.5. The van der Waals surface area contributed by atoms with Crippen LogP contribution < -0.4 is 5.32 Å². The smallest absolute Gasteiger partial charge is 0.263 e. The predicted octanol–water partition coefficient (Wildman–Crippen LogP) is 2.85. The van der Waals surface area contributed by atoms with E-state index in [0.29, 0.717) is 19.8 Å². The van der Waals surface area contributed by atoms with E-state index >= 15 is 0 Å². The van der Waals surface area contributed by atoms with Crippen LogP contribution in [-0.2, 0) is 9.47 Å². The van der Waals surface area contributed by atoms with E-state index in [2.05, 4.69) is 5.32 Å². The Morgan fingerprint density at radius 1 is 1.43 bits per heavy atom. The van der Waals surface area contributed by atoms with Crippen LogP contribution in [0.25, 0.3) is 5.69 Å². The van der Waals surface area contributed by atoms with Gasteiger partial charge in [0, 0.05) is 32.2 Å². The van der Waals surface area contributed by atoms with E-state index in [1.165, 1.54) is 11.3 Å². The van der Waals surface area contributed by atoms with Crippen molar-refractivity contribution in [3.05, 3.63) is 40.8 Å². The van der Waals surface area contributed by atoms with Crippen LogP contribution in [0.1, 0.15) is 28.9 Å². The molecule has 3 rings (SSSR count). The Bertz CT molecular complexity index is 603. The van der Waals surface area contributed by atoms with Gasteiger partial charge in [0.2, 0.25) is 0 Å². The van der Waals surface area contributed by atoms with Crippen molar-refractivity contribution in [2.24, 2.45) is 0 Å². The number of rotatable bonds is 8. The minimum atomic E-state index is -0.0252. The van der Waals surface area contributed by atoms with E-state index < -0.39 is 0 Å². The molecule has 0 bridgehead atoms. The maximum Gasteiger partial charge on any atom is 0.263 e.